The predicted octanol–water partition coefficient (Wildman–Crippen LogP) is 2.62. The molecule has 3 rings (SSSR count). The van der Waals surface area contributed by atoms with E-state index in [0.717, 1.165) is 29.2 Å². The molecule has 1 heterocycles. The minimum absolute atomic E-state index is 0.0185. The van der Waals surface area contributed by atoms with Crippen molar-refractivity contribution in [2.75, 3.05) is 34.0 Å². The molecule has 25 heavy (non-hydrogen) atoms. The number of carbonyl (C=O) groups is 1. The molecule has 1 aliphatic heterocycles. The van der Waals surface area contributed by atoms with Crippen LogP contribution >= 0.6 is 0 Å². The van der Waals surface area contributed by atoms with Gasteiger partial charge in [-0.25, -0.2) is 0 Å². The molecule has 0 bridgehead atoms. The molecule has 5 nitrogen and oxygen atoms in total. The highest BCUT2D eigenvalue weighted by Gasteiger charge is 2.21. The van der Waals surface area contributed by atoms with Gasteiger partial charge < -0.3 is 19.7 Å². The summed E-state index contributed by atoms with van der Waals surface area (Å²) in [5.41, 5.74) is 2.17. The first-order chi connectivity index (χ1) is 12.1. The van der Waals surface area contributed by atoms with Gasteiger partial charge in [-0.1, -0.05) is 36.4 Å². The van der Waals surface area contributed by atoms with Gasteiger partial charge in [-0.05, 0) is 37.4 Å². The van der Waals surface area contributed by atoms with Crippen molar-refractivity contribution in [1.29, 1.82) is 0 Å². The minimum Gasteiger partial charge on any atom is -0.454 e. The molecule has 1 aliphatic rings. The molecule has 2 aromatic carbocycles. The summed E-state index contributed by atoms with van der Waals surface area (Å²) in [5.74, 6) is 1.53. The van der Waals surface area contributed by atoms with E-state index in [2.05, 4.69) is 17.4 Å². The Hall–Kier alpha value is -2.53. The van der Waals surface area contributed by atoms with Gasteiger partial charge in [-0.15, -0.1) is 0 Å². The molecule has 0 saturated heterocycles. The number of nitrogens with one attached hydrogen (secondary N) is 1. The van der Waals surface area contributed by atoms with Crippen LogP contribution in [0, 0.1) is 0 Å². The number of rotatable bonds is 7. The first-order valence-corrected chi connectivity index (χ1v) is 8.49. The van der Waals surface area contributed by atoms with E-state index in [1.54, 1.807) is 0 Å². The Morgan fingerprint density at radius 2 is 1.84 bits per heavy atom. The van der Waals surface area contributed by atoms with E-state index < -0.39 is 0 Å². The van der Waals surface area contributed by atoms with Crippen molar-refractivity contribution in [2.24, 2.45) is 0 Å². The summed E-state index contributed by atoms with van der Waals surface area (Å²) in [5, 5.41) is 3.00. The van der Waals surface area contributed by atoms with Gasteiger partial charge in [0.2, 0.25) is 12.7 Å². The highest BCUT2D eigenvalue weighted by atomic mass is 16.7. The van der Waals surface area contributed by atoms with E-state index in [1.165, 1.54) is 0 Å². The second kappa shape index (κ2) is 8.03. The number of likely N-dealkylation sites (N-methyl/N-ethyl adjacent to an activating group) is 1. The molecule has 0 radical (unpaired) electrons. The summed E-state index contributed by atoms with van der Waals surface area (Å²) >= 11 is 0. The molecule has 1 amide bonds. The maximum Gasteiger partial charge on any atom is 0.231 e. The minimum atomic E-state index is -0.0185. The molecule has 132 valence electrons. The van der Waals surface area contributed by atoms with Crippen LogP contribution in [0.4, 0.5) is 0 Å². The van der Waals surface area contributed by atoms with Crippen molar-refractivity contribution in [3.8, 4) is 11.5 Å². The molecule has 0 spiro atoms. The Kier molecular flexibility index (Phi) is 5.56. The summed E-state index contributed by atoms with van der Waals surface area (Å²) < 4.78 is 10.9. The van der Waals surface area contributed by atoms with Crippen LogP contribution in [-0.2, 0) is 4.79 Å². The van der Waals surface area contributed by atoms with Crippen LogP contribution in [-0.4, -0.2) is 44.8 Å². The monoisotopic (exact) mass is 340 g/mol. The number of hydrogen-bond acceptors (Lipinski definition) is 4. The zero-order valence-electron chi connectivity index (χ0n) is 14.7. The first-order valence-electron chi connectivity index (χ1n) is 8.49. The molecule has 2 aromatic rings. The van der Waals surface area contributed by atoms with Crippen LogP contribution in [0.2, 0.25) is 0 Å². The van der Waals surface area contributed by atoms with Crippen LogP contribution < -0.4 is 14.8 Å². The van der Waals surface area contributed by atoms with Crippen molar-refractivity contribution in [3.63, 3.8) is 0 Å². The van der Waals surface area contributed by atoms with Crippen molar-refractivity contribution in [3.05, 3.63) is 59.7 Å². The van der Waals surface area contributed by atoms with E-state index >= 15 is 0 Å². The van der Waals surface area contributed by atoms with E-state index in [0.29, 0.717) is 13.0 Å². The third-order valence-corrected chi connectivity index (χ3v) is 4.27. The quantitative estimate of drug-likeness (QED) is 0.842. The van der Waals surface area contributed by atoms with Crippen molar-refractivity contribution < 1.29 is 14.3 Å². The SMILES string of the molecule is CN(C)CCNC(=O)C[C@@H](c1ccccc1)c1ccc2c(c1)OCO2. The number of hydrogen-bond donors (Lipinski definition) is 1. The van der Waals surface area contributed by atoms with Crippen LogP contribution in [0.3, 0.4) is 0 Å². The smallest absolute Gasteiger partial charge is 0.231 e. The summed E-state index contributed by atoms with van der Waals surface area (Å²) in [7, 11) is 3.98. The average Bonchev–Trinajstić information content (AvgIpc) is 3.08. The van der Waals surface area contributed by atoms with Gasteiger partial charge in [0.1, 0.15) is 0 Å². The Morgan fingerprint density at radius 3 is 2.60 bits per heavy atom. The number of amides is 1. The Labute approximate surface area is 148 Å². The third-order valence-electron chi connectivity index (χ3n) is 4.27. The predicted molar refractivity (Wildman–Crippen MR) is 97.0 cm³/mol. The lowest BCUT2D eigenvalue weighted by atomic mass is 9.88. The maximum absolute atomic E-state index is 12.4. The zero-order chi connectivity index (χ0) is 17.6. The number of ether oxygens (including phenoxy) is 2. The molecule has 0 saturated carbocycles. The van der Waals surface area contributed by atoms with Crippen molar-refractivity contribution in [1.82, 2.24) is 10.2 Å². The van der Waals surface area contributed by atoms with E-state index in [1.807, 2.05) is 55.4 Å². The fourth-order valence-electron chi connectivity index (χ4n) is 2.92. The van der Waals surface area contributed by atoms with Gasteiger partial charge in [0, 0.05) is 25.4 Å². The molecule has 0 aromatic heterocycles. The van der Waals surface area contributed by atoms with Gasteiger partial charge in [0.05, 0.1) is 0 Å². The third kappa shape index (κ3) is 4.51. The summed E-state index contributed by atoms with van der Waals surface area (Å²) in [6, 6.07) is 16.0. The molecule has 0 aliphatic carbocycles. The second-order valence-corrected chi connectivity index (χ2v) is 6.43. The molecule has 5 heteroatoms. The fraction of sp³-hybridized carbons (Fsp3) is 0.350. The lowest BCUT2D eigenvalue weighted by molar-refractivity contribution is -0.121. The van der Waals surface area contributed by atoms with E-state index in [-0.39, 0.29) is 18.6 Å². The Balaban J connectivity index is 1.78. The molecule has 1 atom stereocenters. The van der Waals surface area contributed by atoms with Gasteiger partial charge >= 0.3 is 0 Å². The molecular weight excluding hydrogens is 316 g/mol. The summed E-state index contributed by atoms with van der Waals surface area (Å²) in [6.07, 6.45) is 0.400. The number of fused-ring (bicyclic) bond motifs is 1. The highest BCUT2D eigenvalue weighted by Crippen LogP contribution is 2.37. The van der Waals surface area contributed by atoms with Gasteiger partial charge in [0.25, 0.3) is 0 Å². The Bertz CT molecular complexity index is 716. The highest BCUT2D eigenvalue weighted by molar-refractivity contribution is 5.77. The van der Waals surface area contributed by atoms with Crippen molar-refractivity contribution >= 4 is 5.91 Å². The van der Waals surface area contributed by atoms with Crippen LogP contribution in [0.1, 0.15) is 23.5 Å². The topological polar surface area (TPSA) is 50.8 Å². The van der Waals surface area contributed by atoms with E-state index in [9.17, 15) is 4.79 Å². The summed E-state index contributed by atoms with van der Waals surface area (Å²) in [6.45, 7) is 1.72. The van der Waals surface area contributed by atoms with Gasteiger partial charge in [-0.3, -0.25) is 4.79 Å². The second-order valence-electron chi connectivity index (χ2n) is 6.43. The zero-order valence-corrected chi connectivity index (χ0v) is 14.7. The van der Waals surface area contributed by atoms with Crippen LogP contribution in [0.5, 0.6) is 11.5 Å². The number of carbonyl (C=O) groups excluding carboxylic acids is 1. The molecule has 0 fully saturated rings. The van der Waals surface area contributed by atoms with E-state index in [4.69, 9.17) is 9.47 Å². The Morgan fingerprint density at radius 1 is 1.08 bits per heavy atom. The standard InChI is InChI=1S/C20H24N2O3/c1-22(2)11-10-21-20(23)13-17(15-6-4-3-5-7-15)16-8-9-18-19(12-16)25-14-24-18/h3-9,12,17H,10-11,13-14H2,1-2H3,(H,21,23)/t17-/m0/s1. The normalized spacial score (nSPS) is 13.7. The van der Waals surface area contributed by atoms with Crippen molar-refractivity contribution in [2.45, 2.75) is 12.3 Å². The molecule has 0 unspecified atom stereocenters. The van der Waals surface area contributed by atoms with Crippen LogP contribution in [0.15, 0.2) is 48.5 Å². The number of benzene rings is 2. The van der Waals surface area contributed by atoms with Crippen LogP contribution in [0.25, 0.3) is 0 Å². The fourth-order valence-corrected chi connectivity index (χ4v) is 2.92. The lowest BCUT2D eigenvalue weighted by Crippen LogP contribution is -2.32. The average molecular weight is 340 g/mol. The summed E-state index contributed by atoms with van der Waals surface area (Å²) in [4.78, 5) is 14.5. The first kappa shape index (κ1) is 17.3. The van der Waals surface area contributed by atoms with Gasteiger partial charge in [0.15, 0.2) is 11.5 Å². The maximum atomic E-state index is 12.4. The largest absolute Gasteiger partial charge is 0.454 e. The lowest BCUT2D eigenvalue weighted by Gasteiger charge is -2.19. The number of nitrogens with zero attached hydrogens (tertiary/aromatic N) is 1. The van der Waals surface area contributed by atoms with Gasteiger partial charge in [-0.2, -0.15) is 0 Å². The molecular formula is C20H24N2O3. The molecule has 1 N–H and O–H groups in total.